The molecule has 1 aliphatic rings. The molecule has 1 amide bonds. The molecule has 0 bridgehead atoms. The van der Waals surface area contributed by atoms with Crippen LogP contribution < -0.4 is 10.1 Å². The summed E-state index contributed by atoms with van der Waals surface area (Å²) in [5.74, 6) is 0.673. The first-order valence-electron chi connectivity index (χ1n) is 6.21. The molecule has 0 aliphatic carbocycles. The maximum atomic E-state index is 12.1. The van der Waals surface area contributed by atoms with Crippen LogP contribution in [-0.4, -0.2) is 13.0 Å². The number of ether oxygens (including phenoxy) is 1. The molecule has 3 nitrogen and oxygen atoms in total. The number of rotatable bonds is 2. The first kappa shape index (κ1) is 12.8. The van der Waals surface area contributed by atoms with Crippen LogP contribution in [0, 0.1) is 0 Å². The van der Waals surface area contributed by atoms with Crippen molar-refractivity contribution in [2.45, 2.75) is 4.90 Å². The number of benzene rings is 2. The maximum Gasteiger partial charge on any atom is 0.262 e. The minimum absolute atomic E-state index is 0.0837. The second-order valence-corrected chi connectivity index (χ2v) is 5.39. The standard InChI is InChI=1S/C16H13NO2S/c1-19-13-8-4-2-6-11(13)10-15-16(18)17-12-7-3-5-9-14(12)20-15/h2-10H,1H3,(H,17,18)/b15-10-. The molecule has 4 heteroatoms. The van der Waals surface area contributed by atoms with Crippen molar-refractivity contribution in [1.82, 2.24) is 0 Å². The van der Waals surface area contributed by atoms with Gasteiger partial charge in [-0.15, -0.1) is 0 Å². The average molecular weight is 283 g/mol. The predicted molar refractivity (Wildman–Crippen MR) is 81.9 cm³/mol. The molecular weight excluding hydrogens is 270 g/mol. The Morgan fingerprint density at radius 2 is 1.85 bits per heavy atom. The Labute approximate surface area is 121 Å². The lowest BCUT2D eigenvalue weighted by Gasteiger charge is -2.18. The van der Waals surface area contributed by atoms with Crippen LogP contribution in [0.4, 0.5) is 5.69 Å². The highest BCUT2D eigenvalue weighted by molar-refractivity contribution is 8.04. The summed E-state index contributed by atoms with van der Waals surface area (Å²) in [6, 6.07) is 15.4. The van der Waals surface area contributed by atoms with Gasteiger partial charge in [-0.25, -0.2) is 0 Å². The number of carbonyl (C=O) groups is 1. The summed E-state index contributed by atoms with van der Waals surface area (Å²) in [7, 11) is 1.63. The lowest BCUT2D eigenvalue weighted by Crippen LogP contribution is -2.17. The van der Waals surface area contributed by atoms with Gasteiger partial charge in [0.25, 0.3) is 5.91 Å². The Morgan fingerprint density at radius 1 is 1.10 bits per heavy atom. The number of methoxy groups -OCH3 is 1. The van der Waals surface area contributed by atoms with Crippen molar-refractivity contribution < 1.29 is 9.53 Å². The van der Waals surface area contributed by atoms with E-state index in [0.717, 1.165) is 21.9 Å². The summed E-state index contributed by atoms with van der Waals surface area (Å²) in [6.07, 6.45) is 1.86. The van der Waals surface area contributed by atoms with Crippen LogP contribution in [0.2, 0.25) is 0 Å². The summed E-state index contributed by atoms with van der Waals surface area (Å²) < 4.78 is 5.31. The fraction of sp³-hybridized carbons (Fsp3) is 0.0625. The zero-order valence-corrected chi connectivity index (χ0v) is 11.7. The van der Waals surface area contributed by atoms with Crippen LogP contribution >= 0.6 is 11.8 Å². The zero-order valence-electron chi connectivity index (χ0n) is 10.9. The SMILES string of the molecule is COc1ccccc1/C=C1\Sc2ccccc2NC1=O. The van der Waals surface area contributed by atoms with E-state index in [1.807, 2.05) is 54.6 Å². The molecule has 3 rings (SSSR count). The smallest absolute Gasteiger partial charge is 0.262 e. The van der Waals surface area contributed by atoms with E-state index in [4.69, 9.17) is 4.74 Å². The number of fused-ring (bicyclic) bond motifs is 1. The average Bonchev–Trinajstić information content (AvgIpc) is 2.48. The number of thioether (sulfide) groups is 1. The van der Waals surface area contributed by atoms with Crippen LogP contribution in [-0.2, 0) is 4.79 Å². The molecular formula is C16H13NO2S. The molecule has 100 valence electrons. The number of hydrogen-bond acceptors (Lipinski definition) is 3. The highest BCUT2D eigenvalue weighted by Crippen LogP contribution is 2.39. The first-order valence-corrected chi connectivity index (χ1v) is 7.02. The van der Waals surface area contributed by atoms with E-state index in [1.165, 1.54) is 11.8 Å². The van der Waals surface area contributed by atoms with Crippen molar-refractivity contribution in [3.05, 3.63) is 59.0 Å². The molecule has 0 aromatic heterocycles. The molecule has 0 saturated heterocycles. The van der Waals surface area contributed by atoms with Gasteiger partial charge in [0, 0.05) is 10.5 Å². The third-order valence-corrected chi connectivity index (χ3v) is 4.10. The zero-order chi connectivity index (χ0) is 13.9. The van der Waals surface area contributed by atoms with Crippen molar-refractivity contribution >= 4 is 29.4 Å². The molecule has 1 N–H and O–H groups in total. The molecule has 20 heavy (non-hydrogen) atoms. The molecule has 0 atom stereocenters. The third-order valence-electron chi connectivity index (χ3n) is 3.00. The summed E-state index contributed by atoms with van der Waals surface area (Å²) in [6.45, 7) is 0. The van der Waals surface area contributed by atoms with Crippen molar-refractivity contribution in [3.8, 4) is 5.75 Å². The minimum Gasteiger partial charge on any atom is -0.496 e. The normalized spacial score (nSPS) is 15.7. The largest absolute Gasteiger partial charge is 0.496 e. The monoisotopic (exact) mass is 283 g/mol. The Hall–Kier alpha value is -2.20. The second-order valence-electron chi connectivity index (χ2n) is 4.30. The highest BCUT2D eigenvalue weighted by Gasteiger charge is 2.20. The number of hydrogen-bond donors (Lipinski definition) is 1. The number of carbonyl (C=O) groups excluding carboxylic acids is 1. The van der Waals surface area contributed by atoms with Crippen molar-refractivity contribution in [2.75, 3.05) is 12.4 Å². The molecule has 0 spiro atoms. The Morgan fingerprint density at radius 3 is 2.70 bits per heavy atom. The Balaban J connectivity index is 1.99. The summed E-state index contributed by atoms with van der Waals surface area (Å²) in [5.41, 5.74) is 1.76. The van der Waals surface area contributed by atoms with Gasteiger partial charge in [0.2, 0.25) is 0 Å². The Bertz CT molecular complexity index is 694. The molecule has 0 radical (unpaired) electrons. The van der Waals surface area contributed by atoms with Crippen molar-refractivity contribution in [3.63, 3.8) is 0 Å². The van der Waals surface area contributed by atoms with Gasteiger partial charge in [-0.2, -0.15) is 0 Å². The van der Waals surface area contributed by atoms with E-state index < -0.39 is 0 Å². The van der Waals surface area contributed by atoms with Crippen LogP contribution in [0.1, 0.15) is 5.56 Å². The highest BCUT2D eigenvalue weighted by atomic mass is 32.2. The molecule has 2 aromatic carbocycles. The number of amides is 1. The quantitative estimate of drug-likeness (QED) is 0.852. The maximum absolute atomic E-state index is 12.1. The van der Waals surface area contributed by atoms with Crippen molar-refractivity contribution in [1.29, 1.82) is 0 Å². The lowest BCUT2D eigenvalue weighted by molar-refractivity contribution is -0.112. The van der Waals surface area contributed by atoms with Crippen LogP contribution in [0.5, 0.6) is 5.75 Å². The van der Waals surface area contributed by atoms with Gasteiger partial charge in [0.1, 0.15) is 5.75 Å². The summed E-state index contributed by atoms with van der Waals surface area (Å²) >= 11 is 1.47. The van der Waals surface area contributed by atoms with E-state index in [-0.39, 0.29) is 5.91 Å². The fourth-order valence-electron chi connectivity index (χ4n) is 2.03. The van der Waals surface area contributed by atoms with Crippen LogP contribution in [0.25, 0.3) is 6.08 Å². The van der Waals surface area contributed by atoms with Gasteiger partial charge >= 0.3 is 0 Å². The minimum atomic E-state index is -0.0837. The van der Waals surface area contributed by atoms with Gasteiger partial charge in [0.05, 0.1) is 17.7 Å². The molecule has 0 fully saturated rings. The third kappa shape index (κ3) is 2.42. The molecule has 1 aliphatic heterocycles. The van der Waals surface area contributed by atoms with Crippen molar-refractivity contribution in [2.24, 2.45) is 0 Å². The van der Waals surface area contributed by atoms with E-state index in [2.05, 4.69) is 5.32 Å². The Kier molecular flexibility index (Phi) is 3.48. The molecule has 0 saturated carbocycles. The summed E-state index contributed by atoms with van der Waals surface area (Å²) in [4.78, 5) is 13.8. The first-order chi connectivity index (χ1) is 9.78. The molecule has 1 heterocycles. The van der Waals surface area contributed by atoms with E-state index in [0.29, 0.717) is 4.91 Å². The van der Waals surface area contributed by atoms with E-state index in [1.54, 1.807) is 7.11 Å². The lowest BCUT2D eigenvalue weighted by atomic mass is 10.2. The van der Waals surface area contributed by atoms with Crippen LogP contribution in [0.3, 0.4) is 0 Å². The number of para-hydroxylation sites is 2. The predicted octanol–water partition coefficient (Wildman–Crippen LogP) is 3.78. The number of nitrogens with one attached hydrogen (secondary N) is 1. The number of anilines is 1. The van der Waals surface area contributed by atoms with Gasteiger partial charge in [-0.05, 0) is 24.3 Å². The van der Waals surface area contributed by atoms with Gasteiger partial charge in [0.15, 0.2) is 0 Å². The molecule has 2 aromatic rings. The second kappa shape index (κ2) is 5.43. The van der Waals surface area contributed by atoms with E-state index >= 15 is 0 Å². The van der Waals surface area contributed by atoms with Crippen LogP contribution in [0.15, 0.2) is 58.3 Å². The van der Waals surface area contributed by atoms with Gasteiger partial charge < -0.3 is 10.1 Å². The van der Waals surface area contributed by atoms with Gasteiger partial charge in [-0.3, -0.25) is 4.79 Å². The topological polar surface area (TPSA) is 38.3 Å². The fourth-order valence-corrected chi connectivity index (χ4v) is 2.97. The van der Waals surface area contributed by atoms with Gasteiger partial charge in [-0.1, -0.05) is 42.1 Å². The molecule has 0 unspecified atom stereocenters. The van der Waals surface area contributed by atoms with E-state index in [9.17, 15) is 4.79 Å². The summed E-state index contributed by atoms with van der Waals surface area (Å²) in [5, 5.41) is 2.90.